The third-order valence-corrected chi connectivity index (χ3v) is 8.44. The van der Waals surface area contributed by atoms with E-state index in [0.717, 1.165) is 18.6 Å². The number of rotatable bonds is 12. The van der Waals surface area contributed by atoms with Gasteiger partial charge in [-0.1, -0.05) is 11.5 Å². The van der Waals surface area contributed by atoms with Crippen molar-refractivity contribution in [1.29, 1.82) is 0 Å². The number of carbonyl (C=O) groups is 3. The van der Waals surface area contributed by atoms with Gasteiger partial charge in [-0.3, -0.25) is 9.59 Å². The van der Waals surface area contributed by atoms with Crippen LogP contribution in [0.5, 0.6) is 0 Å². The zero-order valence-corrected chi connectivity index (χ0v) is 20.0. The van der Waals surface area contributed by atoms with Crippen molar-refractivity contribution >= 4 is 39.6 Å². The van der Waals surface area contributed by atoms with Crippen molar-refractivity contribution in [2.75, 3.05) is 18.8 Å². The van der Waals surface area contributed by atoms with Crippen molar-refractivity contribution in [2.24, 2.45) is 5.11 Å². The van der Waals surface area contributed by atoms with E-state index in [9.17, 15) is 22.8 Å². The molecule has 1 aromatic carbocycles. The average molecular weight is 510 g/mol. The molecule has 2 aliphatic heterocycles. The fourth-order valence-corrected chi connectivity index (χ4v) is 6.38. The summed E-state index contributed by atoms with van der Waals surface area (Å²) in [4.78, 5) is 38.2. The number of nitrogens with zero attached hydrogens (tertiary/aromatic N) is 3. The summed E-state index contributed by atoms with van der Waals surface area (Å²) in [5.74, 6) is -0.103. The van der Waals surface area contributed by atoms with Crippen LogP contribution in [0.25, 0.3) is 10.4 Å². The normalized spacial score (nSPS) is 21.1. The minimum Gasteiger partial charge on any atom is -0.352 e. The third-order valence-electron chi connectivity index (χ3n) is 5.54. The summed E-state index contributed by atoms with van der Waals surface area (Å²) < 4.78 is 27.0. The van der Waals surface area contributed by atoms with E-state index in [4.69, 9.17) is 5.53 Å². The number of azide groups is 1. The lowest BCUT2D eigenvalue weighted by molar-refractivity contribution is -0.119. The smallest absolute Gasteiger partial charge is 0.315 e. The molecule has 2 aliphatic rings. The lowest BCUT2D eigenvalue weighted by atomic mass is 10.0. The topological polar surface area (TPSA) is 182 Å². The molecular weight excluding hydrogens is 482 g/mol. The molecule has 34 heavy (non-hydrogen) atoms. The van der Waals surface area contributed by atoms with E-state index in [0.29, 0.717) is 19.4 Å². The molecule has 2 unspecified atom stereocenters. The molecule has 3 rings (SSSR count). The number of nitrogens with one attached hydrogen (secondary N) is 4. The number of urea groups is 1. The first kappa shape index (κ1) is 25.7. The molecule has 0 radical (unpaired) electrons. The number of sulfonamides is 1. The lowest BCUT2D eigenvalue weighted by Gasteiger charge is -2.16. The minimum absolute atomic E-state index is 0.0751. The van der Waals surface area contributed by atoms with Crippen molar-refractivity contribution in [1.82, 2.24) is 20.7 Å². The number of thioether (sulfide) groups is 1. The number of unbranched alkanes of at least 4 members (excludes halogenated alkanes) is 1. The van der Waals surface area contributed by atoms with Crippen molar-refractivity contribution in [3.05, 3.63) is 40.3 Å². The van der Waals surface area contributed by atoms with Crippen LogP contribution in [0.4, 0.5) is 4.79 Å². The van der Waals surface area contributed by atoms with Gasteiger partial charge in [-0.2, -0.15) is 11.8 Å². The Morgan fingerprint density at radius 1 is 1.18 bits per heavy atom. The fraction of sp³-hybridized carbons (Fsp3) is 0.550. The van der Waals surface area contributed by atoms with Gasteiger partial charge >= 0.3 is 6.03 Å². The molecule has 4 N–H and O–H groups in total. The molecule has 3 atom stereocenters. The summed E-state index contributed by atoms with van der Waals surface area (Å²) in [6, 6.07) is 5.38. The minimum atomic E-state index is -4.04. The molecule has 0 saturated carbocycles. The summed E-state index contributed by atoms with van der Waals surface area (Å²) in [7, 11) is -4.04. The van der Waals surface area contributed by atoms with E-state index >= 15 is 0 Å². The second-order valence-corrected chi connectivity index (χ2v) is 10.9. The number of hydrogen-bond acceptors (Lipinski definition) is 7. The van der Waals surface area contributed by atoms with Crippen LogP contribution in [0, 0.1) is 0 Å². The molecule has 2 fully saturated rings. The molecule has 0 spiro atoms. The number of hydrogen-bond donors (Lipinski definition) is 4. The summed E-state index contributed by atoms with van der Waals surface area (Å²) in [5.41, 5.74) is 8.48. The Morgan fingerprint density at radius 3 is 2.68 bits per heavy atom. The zero-order valence-electron chi connectivity index (χ0n) is 18.4. The van der Waals surface area contributed by atoms with Crippen LogP contribution < -0.4 is 20.7 Å². The number of benzene rings is 1. The summed E-state index contributed by atoms with van der Waals surface area (Å²) in [6.07, 6.45) is 2.68. The maximum Gasteiger partial charge on any atom is 0.315 e. The lowest BCUT2D eigenvalue weighted by Crippen LogP contribution is -2.36. The maximum absolute atomic E-state index is 12.5. The molecule has 2 saturated heterocycles. The van der Waals surface area contributed by atoms with Crippen LogP contribution in [-0.4, -0.2) is 62.4 Å². The van der Waals surface area contributed by atoms with Gasteiger partial charge in [-0.25, -0.2) is 17.9 Å². The van der Waals surface area contributed by atoms with Gasteiger partial charge in [0.15, 0.2) is 0 Å². The summed E-state index contributed by atoms with van der Waals surface area (Å²) >= 11 is 1.79. The van der Waals surface area contributed by atoms with Gasteiger partial charge in [0.25, 0.3) is 15.9 Å². The van der Waals surface area contributed by atoms with Crippen molar-refractivity contribution in [3.8, 4) is 0 Å². The Kier molecular flexibility index (Phi) is 9.02. The van der Waals surface area contributed by atoms with Gasteiger partial charge in [0.1, 0.15) is 0 Å². The van der Waals surface area contributed by atoms with Gasteiger partial charge in [-0.05, 0) is 49.1 Å². The highest BCUT2D eigenvalue weighted by atomic mass is 32.2. The first-order chi connectivity index (χ1) is 16.3. The molecule has 2 heterocycles. The molecule has 4 amide bonds. The average Bonchev–Trinajstić information content (AvgIpc) is 3.35. The monoisotopic (exact) mass is 509 g/mol. The predicted octanol–water partition coefficient (Wildman–Crippen LogP) is 1.65. The van der Waals surface area contributed by atoms with E-state index in [1.54, 1.807) is 11.8 Å². The van der Waals surface area contributed by atoms with Gasteiger partial charge in [0.05, 0.1) is 17.0 Å². The van der Waals surface area contributed by atoms with Crippen molar-refractivity contribution < 1.29 is 22.8 Å². The second-order valence-electron chi connectivity index (χ2n) is 7.98. The summed E-state index contributed by atoms with van der Waals surface area (Å²) in [6.45, 7) is 0.587. The highest BCUT2D eigenvalue weighted by molar-refractivity contribution is 8.00. The van der Waals surface area contributed by atoms with Crippen LogP contribution in [0.3, 0.4) is 0 Å². The van der Waals surface area contributed by atoms with E-state index in [2.05, 4.69) is 30.7 Å². The SMILES string of the molecule is [N-]=[N+]=NCCCNC(=O)c1ccc(S(=O)(=O)NC(=O)CCCC[C@@H]2SCC3NC(=O)NC32)cc1. The Balaban J connectivity index is 1.39. The fourth-order valence-electron chi connectivity index (χ4n) is 3.82. The number of amides is 4. The third kappa shape index (κ3) is 7.02. The quantitative estimate of drug-likeness (QED) is 0.109. The standard InChI is InChI=1S/C20H27N7O5S2/c21-27-23-11-3-10-22-19(29)13-6-8-14(9-7-13)34(31,32)26-17(28)5-2-1-4-16-18-15(12-33-16)24-20(30)25-18/h6-9,15-16,18H,1-5,10-12H2,(H,22,29)(H,26,28)(H2,24,25,30)/t15?,16-,18?/m0/s1. The first-order valence-corrected chi connectivity index (χ1v) is 13.5. The van der Waals surface area contributed by atoms with Gasteiger partial charge < -0.3 is 16.0 Å². The highest BCUT2D eigenvalue weighted by Gasteiger charge is 2.42. The van der Waals surface area contributed by atoms with E-state index < -0.39 is 15.9 Å². The van der Waals surface area contributed by atoms with Crippen LogP contribution in [-0.2, 0) is 14.8 Å². The first-order valence-electron chi connectivity index (χ1n) is 10.9. The molecule has 0 aromatic heterocycles. The van der Waals surface area contributed by atoms with E-state index in [-0.39, 0.29) is 52.7 Å². The van der Waals surface area contributed by atoms with Crippen LogP contribution >= 0.6 is 11.8 Å². The van der Waals surface area contributed by atoms with Crippen molar-refractivity contribution in [3.63, 3.8) is 0 Å². The van der Waals surface area contributed by atoms with E-state index in [1.165, 1.54) is 24.3 Å². The van der Waals surface area contributed by atoms with Gasteiger partial charge in [0, 0.05) is 41.0 Å². The van der Waals surface area contributed by atoms with Gasteiger partial charge in [0.2, 0.25) is 5.91 Å². The molecule has 12 nitrogen and oxygen atoms in total. The molecular formula is C20H27N7O5S2. The molecule has 1 aromatic rings. The van der Waals surface area contributed by atoms with Crippen molar-refractivity contribution in [2.45, 2.75) is 54.3 Å². The number of fused-ring (bicyclic) bond motifs is 1. The molecule has 0 bridgehead atoms. The maximum atomic E-state index is 12.5. The zero-order chi connectivity index (χ0) is 24.6. The second kappa shape index (κ2) is 12.0. The Hall–Kier alpha value is -2.96. The largest absolute Gasteiger partial charge is 0.352 e. The van der Waals surface area contributed by atoms with E-state index in [1.807, 2.05) is 0 Å². The highest BCUT2D eigenvalue weighted by Crippen LogP contribution is 2.33. The molecule has 0 aliphatic carbocycles. The summed E-state index contributed by atoms with van der Waals surface area (Å²) in [5, 5.41) is 12.1. The molecule has 14 heteroatoms. The van der Waals surface area contributed by atoms with Gasteiger partial charge in [-0.15, -0.1) is 0 Å². The van der Waals surface area contributed by atoms with Crippen LogP contribution in [0.1, 0.15) is 42.5 Å². The Bertz CT molecular complexity index is 1060. The Morgan fingerprint density at radius 2 is 1.94 bits per heavy atom. The molecule has 184 valence electrons. The predicted molar refractivity (Wildman–Crippen MR) is 127 cm³/mol. The number of carbonyl (C=O) groups excluding carboxylic acids is 3. The van der Waals surface area contributed by atoms with Crippen LogP contribution in [0.2, 0.25) is 0 Å². The Labute approximate surface area is 201 Å². The van der Waals surface area contributed by atoms with Crippen LogP contribution in [0.15, 0.2) is 34.3 Å².